The number of ether oxygens (including phenoxy) is 1. The predicted molar refractivity (Wildman–Crippen MR) is 117 cm³/mol. The van der Waals surface area contributed by atoms with Crippen LogP contribution < -0.4 is 0 Å². The van der Waals surface area contributed by atoms with Crippen molar-refractivity contribution >= 4 is 34.3 Å². The molecule has 5 nitrogen and oxygen atoms in total. The number of carbonyl (C=O) groups excluding carboxylic acids is 2. The molecule has 1 aliphatic heterocycles. The molecule has 1 aliphatic rings. The van der Waals surface area contributed by atoms with Crippen molar-refractivity contribution in [3.05, 3.63) is 75.9 Å². The number of rotatable bonds is 6. The monoisotopic (exact) mass is 422 g/mol. The maximum atomic E-state index is 13.2. The van der Waals surface area contributed by atoms with Crippen molar-refractivity contribution in [1.82, 2.24) is 9.88 Å². The molecule has 0 aliphatic carbocycles. The van der Waals surface area contributed by atoms with Gasteiger partial charge in [-0.15, -0.1) is 0 Å². The zero-order valence-corrected chi connectivity index (χ0v) is 17.6. The highest BCUT2D eigenvalue weighted by Gasteiger charge is 2.27. The number of benzene rings is 2. The van der Waals surface area contributed by atoms with E-state index in [1.54, 1.807) is 24.3 Å². The maximum Gasteiger partial charge on any atom is 0.339 e. The minimum absolute atomic E-state index is 0.325. The molecule has 3 aromatic rings. The van der Waals surface area contributed by atoms with Gasteiger partial charge in [0.2, 0.25) is 5.78 Å². The molecule has 4 rings (SSSR count). The summed E-state index contributed by atoms with van der Waals surface area (Å²) in [6.07, 6.45) is 1.83. The lowest BCUT2D eigenvalue weighted by Crippen LogP contribution is -2.33. The second-order valence-electron chi connectivity index (χ2n) is 7.43. The number of ketones is 1. The van der Waals surface area contributed by atoms with Crippen LogP contribution in [0.3, 0.4) is 0 Å². The first kappa shape index (κ1) is 20.5. The van der Waals surface area contributed by atoms with Crippen LogP contribution in [0, 0.1) is 0 Å². The Hall–Kier alpha value is -2.76. The van der Waals surface area contributed by atoms with Crippen LogP contribution in [-0.4, -0.2) is 41.3 Å². The molecule has 1 aromatic heterocycles. The van der Waals surface area contributed by atoms with Crippen molar-refractivity contribution < 1.29 is 14.3 Å². The van der Waals surface area contributed by atoms with Crippen molar-refractivity contribution in [3.8, 4) is 0 Å². The van der Waals surface area contributed by atoms with E-state index >= 15 is 0 Å². The molecule has 0 amide bonds. The lowest BCUT2D eigenvalue weighted by atomic mass is 9.95. The minimum atomic E-state index is -0.497. The van der Waals surface area contributed by atoms with Gasteiger partial charge in [0, 0.05) is 41.7 Å². The first-order chi connectivity index (χ1) is 14.6. The van der Waals surface area contributed by atoms with E-state index in [4.69, 9.17) is 21.3 Å². The van der Waals surface area contributed by atoms with Gasteiger partial charge < -0.3 is 4.74 Å². The highest BCUT2D eigenvalue weighted by Crippen LogP contribution is 2.29. The minimum Gasteiger partial charge on any atom is -0.454 e. The van der Waals surface area contributed by atoms with E-state index in [0.717, 1.165) is 48.1 Å². The third-order valence-electron chi connectivity index (χ3n) is 5.38. The lowest BCUT2D eigenvalue weighted by Gasteiger charge is -2.29. The Morgan fingerprint density at radius 2 is 1.90 bits per heavy atom. The van der Waals surface area contributed by atoms with Gasteiger partial charge in [0.1, 0.15) is 0 Å². The Balaban J connectivity index is 1.65. The van der Waals surface area contributed by atoms with Crippen molar-refractivity contribution in [3.63, 3.8) is 0 Å². The number of pyridine rings is 1. The van der Waals surface area contributed by atoms with Crippen LogP contribution in [0.5, 0.6) is 0 Å². The topological polar surface area (TPSA) is 59.5 Å². The molecule has 6 heteroatoms. The van der Waals surface area contributed by atoms with Gasteiger partial charge in [-0.05, 0) is 31.2 Å². The Morgan fingerprint density at radius 1 is 1.13 bits per heavy atom. The number of hydrogen-bond donors (Lipinski definition) is 0. The lowest BCUT2D eigenvalue weighted by molar-refractivity contribution is 0.0474. The quantitative estimate of drug-likeness (QED) is 0.426. The van der Waals surface area contributed by atoms with Gasteiger partial charge in [0.05, 0.1) is 16.1 Å². The molecule has 0 fully saturated rings. The molecule has 2 aromatic carbocycles. The average Bonchev–Trinajstić information content (AvgIpc) is 2.76. The van der Waals surface area contributed by atoms with Crippen molar-refractivity contribution in [2.24, 2.45) is 0 Å². The van der Waals surface area contributed by atoms with Crippen LogP contribution in [0.4, 0.5) is 0 Å². The molecule has 154 valence electrons. The second kappa shape index (κ2) is 8.94. The second-order valence-corrected chi connectivity index (χ2v) is 7.84. The van der Waals surface area contributed by atoms with Crippen LogP contribution in [-0.2, 0) is 17.7 Å². The van der Waals surface area contributed by atoms with E-state index in [1.165, 1.54) is 0 Å². The van der Waals surface area contributed by atoms with Gasteiger partial charge in [-0.2, -0.15) is 0 Å². The number of para-hydroxylation sites is 1. The summed E-state index contributed by atoms with van der Waals surface area (Å²) in [6, 6.07) is 14.3. The molecule has 30 heavy (non-hydrogen) atoms. The van der Waals surface area contributed by atoms with Crippen LogP contribution >= 0.6 is 11.6 Å². The largest absolute Gasteiger partial charge is 0.454 e. The fourth-order valence-corrected chi connectivity index (χ4v) is 4.20. The van der Waals surface area contributed by atoms with Gasteiger partial charge in [0.15, 0.2) is 6.61 Å². The Bertz CT molecular complexity index is 1110. The number of esters is 1. The number of nitrogens with zero attached hydrogens (tertiary/aromatic N) is 2. The van der Waals surface area contributed by atoms with E-state index < -0.39 is 5.97 Å². The SMILES string of the molecule is CCCN1CCc2nc3ccccc3c(C(=O)OCC(=O)c3ccccc3Cl)c2C1. The average molecular weight is 423 g/mol. The smallest absolute Gasteiger partial charge is 0.339 e. The molecule has 0 saturated carbocycles. The van der Waals surface area contributed by atoms with E-state index in [-0.39, 0.29) is 12.4 Å². The summed E-state index contributed by atoms with van der Waals surface area (Å²) in [6.45, 7) is 4.33. The van der Waals surface area contributed by atoms with Gasteiger partial charge in [-0.3, -0.25) is 14.7 Å². The highest BCUT2D eigenvalue weighted by atomic mass is 35.5. The van der Waals surface area contributed by atoms with Gasteiger partial charge in [-0.1, -0.05) is 48.9 Å². The van der Waals surface area contributed by atoms with Crippen molar-refractivity contribution in [1.29, 1.82) is 0 Å². The summed E-state index contributed by atoms with van der Waals surface area (Å²) >= 11 is 6.10. The number of aromatic nitrogens is 1. The van der Waals surface area contributed by atoms with Crippen LogP contribution in [0.2, 0.25) is 5.02 Å². The fourth-order valence-electron chi connectivity index (χ4n) is 3.95. The predicted octanol–water partition coefficient (Wildman–Crippen LogP) is 4.70. The summed E-state index contributed by atoms with van der Waals surface area (Å²) in [4.78, 5) is 32.8. The van der Waals surface area contributed by atoms with Gasteiger partial charge in [0.25, 0.3) is 0 Å². The Kier molecular flexibility index (Phi) is 6.11. The Morgan fingerprint density at radius 3 is 2.70 bits per heavy atom. The van der Waals surface area contributed by atoms with Crippen molar-refractivity contribution in [2.45, 2.75) is 26.3 Å². The standard InChI is InChI=1S/C24H23ClN2O3/c1-2-12-27-13-11-21-18(14-27)23(17-8-4-6-10-20(17)26-21)24(29)30-15-22(28)16-7-3-5-9-19(16)25/h3-10H,2,11-15H2,1H3. The molecule has 0 N–H and O–H groups in total. The van der Waals surface area contributed by atoms with E-state index in [1.807, 2.05) is 24.3 Å². The summed E-state index contributed by atoms with van der Waals surface area (Å²) in [5.41, 5.74) is 3.48. The first-order valence-electron chi connectivity index (χ1n) is 10.2. The van der Waals surface area contributed by atoms with E-state index in [9.17, 15) is 9.59 Å². The normalized spacial score (nSPS) is 13.8. The summed E-state index contributed by atoms with van der Waals surface area (Å²) < 4.78 is 5.48. The third kappa shape index (κ3) is 4.09. The van der Waals surface area contributed by atoms with E-state index in [2.05, 4.69) is 11.8 Å². The zero-order chi connectivity index (χ0) is 21.1. The number of carbonyl (C=O) groups is 2. The molecule has 0 unspecified atom stereocenters. The molecule has 0 bridgehead atoms. The van der Waals surface area contributed by atoms with E-state index in [0.29, 0.717) is 22.7 Å². The molecular weight excluding hydrogens is 400 g/mol. The van der Waals surface area contributed by atoms with Crippen LogP contribution in [0.1, 0.15) is 45.3 Å². The zero-order valence-electron chi connectivity index (χ0n) is 16.9. The molecule has 0 atom stereocenters. The summed E-state index contributed by atoms with van der Waals surface area (Å²) in [7, 11) is 0. The highest BCUT2D eigenvalue weighted by molar-refractivity contribution is 6.34. The number of Topliss-reactive ketones (excluding diaryl/α,β-unsaturated/α-hetero) is 1. The number of fused-ring (bicyclic) bond motifs is 2. The molecule has 0 spiro atoms. The number of halogens is 1. The third-order valence-corrected chi connectivity index (χ3v) is 5.71. The first-order valence-corrected chi connectivity index (χ1v) is 10.5. The van der Waals surface area contributed by atoms with Crippen molar-refractivity contribution in [2.75, 3.05) is 19.7 Å². The summed E-state index contributed by atoms with van der Waals surface area (Å²) in [5, 5.41) is 1.10. The fraction of sp³-hybridized carbons (Fsp3) is 0.292. The molecule has 0 saturated heterocycles. The molecule has 2 heterocycles. The van der Waals surface area contributed by atoms with Crippen LogP contribution in [0.15, 0.2) is 48.5 Å². The van der Waals surface area contributed by atoms with Gasteiger partial charge >= 0.3 is 5.97 Å². The summed E-state index contributed by atoms with van der Waals surface area (Å²) in [5.74, 6) is -0.822. The maximum absolute atomic E-state index is 13.2. The Labute approximate surface area is 180 Å². The van der Waals surface area contributed by atoms with Crippen LogP contribution in [0.25, 0.3) is 10.9 Å². The molecule has 0 radical (unpaired) electrons. The number of hydrogen-bond acceptors (Lipinski definition) is 5. The molecular formula is C24H23ClN2O3. The van der Waals surface area contributed by atoms with Gasteiger partial charge in [-0.25, -0.2) is 4.79 Å².